The summed E-state index contributed by atoms with van der Waals surface area (Å²) >= 11 is 0. The first-order valence-corrected chi connectivity index (χ1v) is 18.5. The fourth-order valence-electron chi connectivity index (χ4n) is 10.5. The lowest BCUT2D eigenvalue weighted by Gasteiger charge is -2.59. The SMILES string of the molecule is CC(C)CCC[C@@H](C)[C@H]1CC[C@H]2[C@@H]3CC=C4C[C@@H](N[C@H]5O[C@H](COP(=O)(O)O)[C@@H](O)[C@@H](O)[C@@H]5O)CC[C@]4(C)[C@H]3CC[C@]12C. The Morgan fingerprint density at radius 1 is 1.00 bits per heavy atom. The summed E-state index contributed by atoms with van der Waals surface area (Å²) in [6.07, 6.45) is 9.32. The summed E-state index contributed by atoms with van der Waals surface area (Å²) in [6, 6.07) is 0.0257. The molecule has 9 nitrogen and oxygen atoms in total. The molecule has 10 heteroatoms. The second-order valence-corrected chi connectivity index (χ2v) is 17.0. The number of nitrogens with one attached hydrogen (secondary N) is 1. The van der Waals surface area contributed by atoms with Crippen LogP contribution in [0.1, 0.15) is 105 Å². The van der Waals surface area contributed by atoms with E-state index in [9.17, 15) is 19.9 Å². The number of phosphoric ester groups is 1. The molecule has 43 heavy (non-hydrogen) atoms. The number of allylic oxidation sites excluding steroid dienone is 1. The van der Waals surface area contributed by atoms with Crippen molar-refractivity contribution in [3.8, 4) is 0 Å². The van der Waals surface area contributed by atoms with Crippen LogP contribution in [0.5, 0.6) is 0 Å². The second-order valence-electron chi connectivity index (χ2n) is 15.7. The van der Waals surface area contributed by atoms with Gasteiger partial charge >= 0.3 is 7.82 Å². The van der Waals surface area contributed by atoms with E-state index in [1.54, 1.807) is 0 Å². The largest absolute Gasteiger partial charge is 0.469 e. The molecule has 0 radical (unpaired) electrons. The van der Waals surface area contributed by atoms with Crippen molar-refractivity contribution < 1.29 is 38.9 Å². The molecule has 1 heterocycles. The lowest BCUT2D eigenvalue weighted by Crippen LogP contribution is -2.64. The fourth-order valence-corrected chi connectivity index (χ4v) is 10.8. The third kappa shape index (κ3) is 6.87. The van der Waals surface area contributed by atoms with Gasteiger partial charge in [-0.05, 0) is 97.7 Å². The van der Waals surface area contributed by atoms with Gasteiger partial charge in [-0.2, -0.15) is 0 Å². The molecule has 13 atom stereocenters. The van der Waals surface area contributed by atoms with Gasteiger partial charge in [0, 0.05) is 6.04 Å². The molecule has 4 fully saturated rings. The topological polar surface area (TPSA) is 149 Å². The van der Waals surface area contributed by atoms with E-state index in [4.69, 9.17) is 14.5 Å². The molecule has 1 aliphatic heterocycles. The van der Waals surface area contributed by atoms with Crippen LogP contribution in [-0.2, 0) is 13.8 Å². The molecule has 0 spiro atoms. The van der Waals surface area contributed by atoms with Crippen LogP contribution < -0.4 is 5.32 Å². The van der Waals surface area contributed by atoms with E-state index >= 15 is 0 Å². The molecule has 6 N–H and O–H groups in total. The molecule has 5 aliphatic rings. The number of aliphatic hydroxyl groups excluding tert-OH is 3. The highest BCUT2D eigenvalue weighted by Crippen LogP contribution is 2.67. The van der Waals surface area contributed by atoms with Crippen LogP contribution in [0.15, 0.2) is 11.6 Å². The van der Waals surface area contributed by atoms with Gasteiger partial charge in [0.25, 0.3) is 0 Å². The van der Waals surface area contributed by atoms with Crippen LogP contribution in [0, 0.1) is 46.3 Å². The highest BCUT2D eigenvalue weighted by atomic mass is 31.2. The van der Waals surface area contributed by atoms with Gasteiger partial charge in [0.2, 0.25) is 0 Å². The van der Waals surface area contributed by atoms with Crippen LogP contribution in [-0.4, -0.2) is 68.4 Å². The lowest BCUT2D eigenvalue weighted by molar-refractivity contribution is -0.237. The van der Waals surface area contributed by atoms with E-state index in [0.717, 1.165) is 55.3 Å². The van der Waals surface area contributed by atoms with Crippen LogP contribution in [0.4, 0.5) is 0 Å². The summed E-state index contributed by atoms with van der Waals surface area (Å²) in [7, 11) is -4.78. The maximum absolute atomic E-state index is 11.2. The van der Waals surface area contributed by atoms with Gasteiger partial charge in [0.15, 0.2) is 0 Å². The van der Waals surface area contributed by atoms with Crippen molar-refractivity contribution in [2.24, 2.45) is 46.3 Å². The summed E-state index contributed by atoms with van der Waals surface area (Å²) in [5.41, 5.74) is 2.12. The molecule has 0 aromatic heterocycles. The number of phosphoric acid groups is 1. The van der Waals surface area contributed by atoms with Crippen LogP contribution in [0.2, 0.25) is 0 Å². The Labute approximate surface area is 258 Å². The van der Waals surface area contributed by atoms with Crippen molar-refractivity contribution in [1.29, 1.82) is 0 Å². The van der Waals surface area contributed by atoms with Crippen molar-refractivity contribution in [2.75, 3.05) is 6.61 Å². The highest BCUT2D eigenvalue weighted by molar-refractivity contribution is 7.46. The normalized spacial score (nSPS) is 45.7. The van der Waals surface area contributed by atoms with Crippen LogP contribution in [0.25, 0.3) is 0 Å². The van der Waals surface area contributed by atoms with Gasteiger partial charge in [-0.3, -0.25) is 9.84 Å². The first kappa shape index (κ1) is 34.0. The second kappa shape index (κ2) is 13.0. The average Bonchev–Trinajstić information content (AvgIpc) is 3.29. The van der Waals surface area contributed by atoms with E-state index < -0.39 is 45.1 Å². The van der Waals surface area contributed by atoms with E-state index in [2.05, 4.69) is 50.5 Å². The summed E-state index contributed by atoms with van der Waals surface area (Å²) in [5, 5.41) is 34.8. The van der Waals surface area contributed by atoms with E-state index in [1.165, 1.54) is 50.5 Å². The smallest absolute Gasteiger partial charge is 0.387 e. The lowest BCUT2D eigenvalue weighted by atomic mass is 9.47. The Kier molecular flexibility index (Phi) is 10.3. The Morgan fingerprint density at radius 2 is 1.74 bits per heavy atom. The maximum atomic E-state index is 11.2. The monoisotopic (exact) mass is 627 g/mol. The van der Waals surface area contributed by atoms with Crippen molar-refractivity contribution in [3.05, 3.63) is 11.6 Å². The van der Waals surface area contributed by atoms with Gasteiger partial charge < -0.3 is 29.8 Å². The molecule has 248 valence electrons. The summed E-state index contributed by atoms with van der Waals surface area (Å²) in [6.45, 7) is 11.7. The van der Waals surface area contributed by atoms with Gasteiger partial charge in [-0.25, -0.2) is 4.57 Å². The van der Waals surface area contributed by atoms with E-state index in [-0.39, 0.29) is 11.5 Å². The summed E-state index contributed by atoms with van der Waals surface area (Å²) < 4.78 is 21.5. The minimum Gasteiger partial charge on any atom is -0.387 e. The van der Waals surface area contributed by atoms with Crippen molar-refractivity contribution in [2.45, 2.75) is 142 Å². The summed E-state index contributed by atoms with van der Waals surface area (Å²) in [5.74, 6) is 4.69. The number of rotatable bonds is 10. The molecular weight excluding hydrogens is 569 g/mol. The number of ether oxygens (including phenoxy) is 1. The van der Waals surface area contributed by atoms with Gasteiger partial charge in [0.05, 0.1) is 6.61 Å². The van der Waals surface area contributed by atoms with Crippen molar-refractivity contribution in [1.82, 2.24) is 5.32 Å². The van der Waals surface area contributed by atoms with Crippen molar-refractivity contribution in [3.63, 3.8) is 0 Å². The van der Waals surface area contributed by atoms with E-state index in [1.807, 2.05) is 0 Å². The van der Waals surface area contributed by atoms with Gasteiger partial charge in [-0.15, -0.1) is 0 Å². The standard InChI is InChI=1S/C33H58NO8P/c1-19(2)7-6-8-20(3)24-11-12-25-23-10-9-21-17-22(13-15-32(21,4)26(23)14-16-33(24,25)5)34-31-30(37)29(36)28(35)27(42-31)18-41-43(38,39)40/h9,19-20,22-31,34-37H,6-8,10-18H2,1-5H3,(H2,38,39,40)/t20-,22+,23+,24-,25+,26+,27-,28-,29-,30+,31+,32+,33-/m1/s1. The number of fused-ring (bicyclic) bond motifs is 5. The van der Waals surface area contributed by atoms with E-state index in [0.29, 0.717) is 11.3 Å². The predicted octanol–water partition coefficient (Wildman–Crippen LogP) is 4.90. The van der Waals surface area contributed by atoms with Crippen molar-refractivity contribution >= 4 is 7.82 Å². The molecule has 4 aliphatic carbocycles. The van der Waals surface area contributed by atoms with Crippen LogP contribution in [0.3, 0.4) is 0 Å². The molecule has 0 aromatic rings. The third-order valence-electron chi connectivity index (χ3n) is 12.8. The molecule has 3 saturated carbocycles. The zero-order valence-corrected chi connectivity index (χ0v) is 27.8. The number of hydrogen-bond acceptors (Lipinski definition) is 7. The quantitative estimate of drug-likeness (QED) is 0.147. The molecule has 5 rings (SSSR count). The predicted molar refractivity (Wildman–Crippen MR) is 165 cm³/mol. The van der Waals surface area contributed by atoms with Gasteiger partial charge in [-0.1, -0.05) is 65.5 Å². The minimum absolute atomic E-state index is 0.0257. The zero-order chi connectivity index (χ0) is 31.3. The Hall–Kier alpha value is -0.350. The Balaban J connectivity index is 1.22. The molecule has 0 unspecified atom stereocenters. The molecular formula is C33H58NO8P. The Morgan fingerprint density at radius 3 is 2.44 bits per heavy atom. The zero-order valence-electron chi connectivity index (χ0n) is 26.9. The minimum atomic E-state index is -4.78. The fraction of sp³-hybridized carbons (Fsp3) is 0.939. The van der Waals surface area contributed by atoms with Crippen LogP contribution >= 0.6 is 7.82 Å². The number of hydrogen-bond donors (Lipinski definition) is 6. The highest BCUT2D eigenvalue weighted by Gasteiger charge is 2.59. The summed E-state index contributed by atoms with van der Waals surface area (Å²) in [4.78, 5) is 18.1. The molecule has 0 bridgehead atoms. The number of aliphatic hydroxyl groups is 3. The van der Waals surface area contributed by atoms with Gasteiger partial charge in [0.1, 0.15) is 30.6 Å². The molecule has 0 aromatic carbocycles. The first-order valence-electron chi connectivity index (χ1n) is 17.0. The average molecular weight is 628 g/mol. The third-order valence-corrected chi connectivity index (χ3v) is 13.3. The maximum Gasteiger partial charge on any atom is 0.469 e. The Bertz CT molecular complexity index is 1050. The molecule has 1 saturated heterocycles. The first-order chi connectivity index (χ1) is 20.1. The molecule has 0 amide bonds.